The van der Waals surface area contributed by atoms with Crippen molar-refractivity contribution in [3.8, 4) is 0 Å². The SMILES string of the molecule is Nc1nc(=O)[n-]cc1F.[Rf]. The number of nitrogen functional groups attached to an aromatic ring is 1. The summed E-state index contributed by atoms with van der Waals surface area (Å²) in [6.45, 7) is 0. The fraction of sp³-hybridized carbons (Fsp3) is 0. The summed E-state index contributed by atoms with van der Waals surface area (Å²) in [5.41, 5.74) is 4.12. The number of anilines is 1. The zero-order valence-corrected chi connectivity index (χ0v) is 11.4. The van der Waals surface area contributed by atoms with Crippen LogP contribution < -0.4 is 16.4 Å². The Morgan fingerprint density at radius 1 is 1.70 bits per heavy atom. The number of nitrogens with zero attached hydrogens (tertiary/aromatic N) is 2. The minimum absolute atomic E-state index is 0. The van der Waals surface area contributed by atoms with Crippen molar-refractivity contribution in [1.82, 2.24) is 9.97 Å². The molecule has 0 aliphatic rings. The van der Waals surface area contributed by atoms with Gasteiger partial charge in [0.25, 0.3) is 0 Å². The topological polar surface area (TPSA) is 70.1 Å². The Hall–Kier alpha value is -2.39. The first-order chi connectivity index (χ1) is 4.20. The van der Waals surface area contributed by atoms with E-state index in [2.05, 4.69) is 9.97 Å². The summed E-state index contributed by atoms with van der Waals surface area (Å²) in [6, 6.07) is 0. The summed E-state index contributed by atoms with van der Waals surface area (Å²) in [4.78, 5) is 16.2. The summed E-state index contributed by atoms with van der Waals surface area (Å²) in [5.74, 6) is -1.18. The van der Waals surface area contributed by atoms with Crippen molar-refractivity contribution in [2.45, 2.75) is 0 Å². The van der Waals surface area contributed by atoms with Crippen molar-refractivity contribution in [2.24, 2.45) is 0 Å². The third-order valence-corrected chi connectivity index (χ3v) is 0.749. The van der Waals surface area contributed by atoms with Gasteiger partial charge in [-0.3, -0.25) is 4.79 Å². The maximum atomic E-state index is 12.1. The van der Waals surface area contributed by atoms with Crippen LogP contribution in [0.15, 0.2) is 11.0 Å². The van der Waals surface area contributed by atoms with Gasteiger partial charge in [-0.1, -0.05) is 0 Å². The second-order valence-electron chi connectivity index (χ2n) is 1.39. The number of nitrogens with two attached hydrogens (primary N) is 1. The van der Waals surface area contributed by atoms with E-state index in [-0.39, 0.29) is 0 Å². The Bertz CT molecular complexity index is 273. The summed E-state index contributed by atoms with van der Waals surface area (Å²) >= 11 is 0. The van der Waals surface area contributed by atoms with Crippen LogP contribution >= 0.6 is 0 Å². The van der Waals surface area contributed by atoms with Crippen molar-refractivity contribution in [3.63, 3.8) is 0 Å². The van der Waals surface area contributed by atoms with E-state index < -0.39 is 17.3 Å². The van der Waals surface area contributed by atoms with Gasteiger partial charge in [0.1, 0.15) is 5.82 Å². The monoisotopic (exact) mass is 395 g/mol. The van der Waals surface area contributed by atoms with E-state index in [1.807, 2.05) is 0 Å². The molecule has 1 aromatic heterocycles. The standard InChI is InChI=1S/C4H4FN3O.Rf/c5-2-1-7-4(9)8-3(2)6;/h1H,(H3,6,7,8,9);/p-1. The number of hydrogen-bond donors (Lipinski definition) is 1. The van der Waals surface area contributed by atoms with E-state index in [1.165, 1.54) is 0 Å². The van der Waals surface area contributed by atoms with Crippen molar-refractivity contribution >= 4 is 5.82 Å². The molecular weight excluding hydrogens is 392 g/mol. The molecular formula is C4H3FN3ORf-. The largest absolute Gasteiger partial charge is 0.404 e. The van der Waals surface area contributed by atoms with Gasteiger partial charge in [-0.2, -0.15) is 0 Å². The smallest absolute Gasteiger partial charge is 0.163 e. The normalized spacial score (nSPS) is 8.50. The fourth-order valence-electron chi connectivity index (χ4n) is 0.363. The molecule has 0 bridgehead atoms. The van der Waals surface area contributed by atoms with E-state index in [0.717, 1.165) is 6.20 Å². The molecule has 50 valence electrons. The Kier molecular flexibility index (Phi) is 1.71. The van der Waals surface area contributed by atoms with Gasteiger partial charge in [0.2, 0.25) is 0 Å². The maximum Gasteiger partial charge on any atom is 0.163 e. The van der Waals surface area contributed by atoms with E-state index in [9.17, 15) is 9.18 Å². The van der Waals surface area contributed by atoms with Gasteiger partial charge < -0.3 is 15.7 Å². The van der Waals surface area contributed by atoms with Crippen LogP contribution in [0.3, 0.4) is 0 Å². The van der Waals surface area contributed by atoms with Gasteiger partial charge in [0.05, 0.1) is 5.82 Å². The third-order valence-electron chi connectivity index (χ3n) is 0.749. The van der Waals surface area contributed by atoms with Crippen LogP contribution in [0.4, 0.5) is 10.2 Å². The van der Waals surface area contributed by atoms with Crippen molar-refractivity contribution in [2.75, 3.05) is 5.73 Å². The summed E-state index contributed by atoms with van der Waals surface area (Å²) in [7, 11) is 0. The quantitative estimate of drug-likeness (QED) is 0.620. The Morgan fingerprint density at radius 2 is 2.30 bits per heavy atom. The predicted molar refractivity (Wildman–Crippen MR) is 28.2 cm³/mol. The van der Waals surface area contributed by atoms with E-state index in [4.69, 9.17) is 5.73 Å². The van der Waals surface area contributed by atoms with Crippen LogP contribution in [-0.2, 0) is 0 Å². The number of rotatable bonds is 0. The molecule has 1 aromatic rings. The number of aromatic nitrogens is 2. The van der Waals surface area contributed by atoms with Crippen molar-refractivity contribution < 1.29 is 4.39 Å². The number of hydrogen-bond acceptors (Lipinski definition) is 3. The van der Waals surface area contributed by atoms with Crippen molar-refractivity contribution in [3.05, 3.63) is 22.5 Å². The molecule has 1 rings (SSSR count). The molecule has 0 fully saturated rings. The van der Waals surface area contributed by atoms with E-state index in [1.54, 1.807) is 0 Å². The molecule has 6 heteroatoms. The van der Waals surface area contributed by atoms with Crippen LogP contribution in [0.25, 0.3) is 0 Å². The molecule has 4 nitrogen and oxygen atoms in total. The summed E-state index contributed by atoms with van der Waals surface area (Å²) < 4.78 is 12.1. The zero-order chi connectivity index (χ0) is 6.85. The summed E-state index contributed by atoms with van der Waals surface area (Å²) in [5, 5.41) is 0. The van der Waals surface area contributed by atoms with E-state index in [0.29, 0.717) is 0 Å². The Labute approximate surface area is 49.5 Å². The Balaban J connectivity index is 0.000000810. The first kappa shape index (κ1) is 7.61. The molecule has 0 unspecified atom stereocenters. The van der Waals surface area contributed by atoms with Crippen molar-refractivity contribution in [1.29, 1.82) is 0 Å². The van der Waals surface area contributed by atoms with Crippen LogP contribution in [-0.4, -0.2) is 4.98 Å². The number of halogens is 1. The predicted octanol–water partition coefficient (Wildman–Crippen LogP) is -0.880. The molecule has 0 aliphatic heterocycles. The van der Waals surface area contributed by atoms with Crippen LogP contribution in [0, 0.1) is 5.82 Å². The second-order valence-corrected chi connectivity index (χ2v) is 1.39. The van der Waals surface area contributed by atoms with Gasteiger partial charge in [-0.15, -0.1) is 0 Å². The summed E-state index contributed by atoms with van der Waals surface area (Å²) in [6.07, 6.45) is 0.741. The van der Waals surface area contributed by atoms with Crippen LogP contribution in [0.5, 0.6) is 0 Å². The Morgan fingerprint density at radius 3 is 2.70 bits per heavy atom. The van der Waals surface area contributed by atoms with Gasteiger partial charge >= 0.3 is 0 Å². The molecule has 0 atom stereocenters. The second kappa shape index (κ2) is 2.25. The molecule has 2 N–H and O–H groups in total. The molecule has 0 amide bonds. The van der Waals surface area contributed by atoms with Gasteiger partial charge in [-0.05, 0) is 6.20 Å². The molecule has 0 aliphatic carbocycles. The molecule has 0 radical (unpaired) electrons. The van der Waals surface area contributed by atoms with Gasteiger partial charge in [-0.25, -0.2) is 4.39 Å². The molecule has 10 heavy (non-hydrogen) atoms. The molecule has 0 saturated heterocycles. The minimum atomic E-state index is -0.770. The third kappa shape index (κ3) is 1.06. The molecule has 0 spiro atoms. The molecule has 0 aromatic carbocycles. The average molecular weight is 395 g/mol. The maximum absolute atomic E-state index is 12.1. The minimum Gasteiger partial charge on any atom is -0.404 e. The average Bonchev–Trinajstić information content (AvgIpc) is 1.80. The van der Waals surface area contributed by atoms with Crippen LogP contribution in [0.2, 0.25) is 0 Å². The van der Waals surface area contributed by atoms with Gasteiger partial charge in [0, 0.05) is 0 Å². The first-order valence-electron chi connectivity index (χ1n) is 2.15. The molecule has 0 saturated carbocycles. The van der Waals surface area contributed by atoms with E-state index >= 15 is 0 Å². The molecule has 1 heterocycles. The van der Waals surface area contributed by atoms with Crippen LogP contribution in [0.1, 0.15) is 0 Å². The zero-order valence-electron chi connectivity index (χ0n) is 5.04. The van der Waals surface area contributed by atoms with Gasteiger partial charge in [0.15, 0.2) is 5.69 Å². The fourth-order valence-corrected chi connectivity index (χ4v) is 0.363. The first-order valence-corrected chi connectivity index (χ1v) is 2.15.